The molecular formula is C20H24FN7O. The molecule has 0 saturated carbocycles. The summed E-state index contributed by atoms with van der Waals surface area (Å²) in [7, 11) is 0. The molecule has 1 saturated heterocycles. The Morgan fingerprint density at radius 2 is 2.14 bits per heavy atom. The second-order valence-electron chi connectivity index (χ2n) is 7.16. The first-order chi connectivity index (χ1) is 14.0. The van der Waals surface area contributed by atoms with E-state index in [1.807, 2.05) is 18.7 Å². The number of hydrogen-bond acceptors (Lipinski definition) is 6. The number of benzene rings is 1. The van der Waals surface area contributed by atoms with Crippen LogP contribution >= 0.6 is 0 Å². The van der Waals surface area contributed by atoms with Gasteiger partial charge in [0.25, 0.3) is 0 Å². The Morgan fingerprint density at radius 1 is 1.38 bits per heavy atom. The quantitative estimate of drug-likeness (QED) is 0.558. The van der Waals surface area contributed by atoms with E-state index in [9.17, 15) is 9.18 Å². The topological polar surface area (TPSA) is 98.1 Å². The number of hydrogen-bond donors (Lipinski definition) is 4. The van der Waals surface area contributed by atoms with Crippen LogP contribution in [0.25, 0.3) is 11.3 Å². The molecule has 4 rings (SSSR count). The lowest BCUT2D eigenvalue weighted by Crippen LogP contribution is -2.53. The molecule has 29 heavy (non-hydrogen) atoms. The highest BCUT2D eigenvalue weighted by atomic mass is 19.1. The van der Waals surface area contributed by atoms with Gasteiger partial charge in [-0.05, 0) is 44.2 Å². The number of allylic oxidation sites excluding steroid dienone is 1. The number of imidazole rings is 1. The van der Waals surface area contributed by atoms with E-state index in [1.165, 1.54) is 18.3 Å². The number of nitrogens with one attached hydrogen (secondary N) is 4. The molecule has 0 bridgehead atoms. The second kappa shape index (κ2) is 7.32. The van der Waals surface area contributed by atoms with Crippen molar-refractivity contribution in [3.8, 4) is 11.3 Å². The van der Waals surface area contributed by atoms with Crippen LogP contribution in [0.1, 0.15) is 19.7 Å². The fourth-order valence-electron chi connectivity index (χ4n) is 3.96. The van der Waals surface area contributed by atoms with Gasteiger partial charge in [-0.3, -0.25) is 10.1 Å². The Labute approximate surface area is 168 Å². The first-order valence-corrected chi connectivity index (χ1v) is 9.62. The Bertz CT molecular complexity index is 981. The van der Waals surface area contributed by atoms with Crippen molar-refractivity contribution >= 4 is 17.9 Å². The highest BCUT2D eigenvalue weighted by Crippen LogP contribution is 2.39. The predicted molar refractivity (Wildman–Crippen MR) is 109 cm³/mol. The van der Waals surface area contributed by atoms with Gasteiger partial charge >= 0.3 is 0 Å². The van der Waals surface area contributed by atoms with E-state index in [2.05, 4.69) is 20.5 Å². The fourth-order valence-corrected chi connectivity index (χ4v) is 3.96. The van der Waals surface area contributed by atoms with E-state index in [0.717, 1.165) is 17.2 Å². The number of anilines is 1. The average molecular weight is 397 g/mol. The summed E-state index contributed by atoms with van der Waals surface area (Å²) in [5.41, 5.74) is 0.729. The van der Waals surface area contributed by atoms with Crippen LogP contribution in [0, 0.1) is 11.2 Å². The van der Waals surface area contributed by atoms with Gasteiger partial charge in [-0.2, -0.15) is 0 Å². The maximum atomic E-state index is 13.5. The third kappa shape index (κ3) is 3.17. The van der Waals surface area contributed by atoms with Crippen molar-refractivity contribution in [1.29, 1.82) is 5.41 Å². The number of carbonyl (C=O) groups is 1. The highest BCUT2D eigenvalue weighted by molar-refractivity contribution is 5.82. The molecule has 2 aromatic rings. The van der Waals surface area contributed by atoms with Crippen LogP contribution in [0.4, 0.5) is 10.2 Å². The van der Waals surface area contributed by atoms with E-state index in [4.69, 9.17) is 10.4 Å². The van der Waals surface area contributed by atoms with E-state index < -0.39 is 5.66 Å². The minimum absolute atomic E-state index is 0.0524. The zero-order valence-corrected chi connectivity index (χ0v) is 16.4. The third-order valence-electron chi connectivity index (χ3n) is 5.36. The summed E-state index contributed by atoms with van der Waals surface area (Å²) in [5, 5.41) is 17.3. The molecule has 1 aromatic carbocycles. The number of nitrogens with zero attached hydrogens (tertiary/aromatic N) is 3. The molecule has 1 amide bonds. The minimum atomic E-state index is -0.701. The molecule has 2 aliphatic heterocycles. The number of halogens is 1. The molecule has 0 aliphatic carbocycles. The van der Waals surface area contributed by atoms with Crippen molar-refractivity contribution in [3.05, 3.63) is 47.8 Å². The predicted octanol–water partition coefficient (Wildman–Crippen LogP) is 1.82. The van der Waals surface area contributed by atoms with Crippen molar-refractivity contribution in [3.63, 3.8) is 0 Å². The monoisotopic (exact) mass is 397 g/mol. The lowest BCUT2D eigenvalue weighted by molar-refractivity contribution is -0.131. The van der Waals surface area contributed by atoms with Crippen molar-refractivity contribution in [2.75, 3.05) is 25.0 Å². The molecule has 2 aliphatic rings. The van der Waals surface area contributed by atoms with Crippen LogP contribution in [0.5, 0.6) is 0 Å². The fraction of sp³-hybridized carbons (Fsp3) is 0.350. The van der Waals surface area contributed by atoms with E-state index >= 15 is 0 Å². The van der Waals surface area contributed by atoms with Crippen molar-refractivity contribution in [2.24, 2.45) is 0 Å². The maximum absolute atomic E-state index is 13.5. The number of fused-ring (bicyclic) bond motifs is 3. The van der Waals surface area contributed by atoms with Gasteiger partial charge in [-0.1, -0.05) is 0 Å². The van der Waals surface area contributed by atoms with Gasteiger partial charge in [0.1, 0.15) is 23.1 Å². The first kappa shape index (κ1) is 19.1. The molecular weight excluding hydrogens is 373 g/mol. The molecule has 1 atom stereocenters. The molecule has 8 nitrogen and oxygen atoms in total. The molecule has 1 unspecified atom stereocenters. The largest absolute Gasteiger partial charge is 0.372 e. The van der Waals surface area contributed by atoms with Crippen LogP contribution in [0.15, 0.2) is 36.2 Å². The lowest BCUT2D eigenvalue weighted by Gasteiger charge is -2.39. The number of carbonyl (C=O) groups excluding carboxylic acids is 1. The van der Waals surface area contributed by atoms with Gasteiger partial charge in [0.05, 0.1) is 6.54 Å². The highest BCUT2D eigenvalue weighted by Gasteiger charge is 2.49. The minimum Gasteiger partial charge on any atom is -0.372 e. The number of amides is 1. The van der Waals surface area contributed by atoms with Gasteiger partial charge in [-0.25, -0.2) is 9.37 Å². The molecule has 0 radical (unpaired) electrons. The first-order valence-electron chi connectivity index (χ1n) is 9.62. The molecule has 0 spiro atoms. The van der Waals surface area contributed by atoms with Crippen molar-refractivity contribution in [2.45, 2.75) is 26.1 Å². The Morgan fingerprint density at radius 3 is 2.83 bits per heavy atom. The Hall–Kier alpha value is -3.20. The SMILES string of the molecule is CCN/C(=C\C=N)Nc1c(-c2ccc(F)cc2)nc2n1CCN1C(=O)CNC21C. The Kier molecular flexibility index (Phi) is 4.83. The summed E-state index contributed by atoms with van der Waals surface area (Å²) in [6, 6.07) is 6.19. The van der Waals surface area contributed by atoms with Gasteiger partial charge < -0.3 is 25.5 Å². The van der Waals surface area contributed by atoms with E-state index in [-0.39, 0.29) is 18.3 Å². The molecule has 1 fully saturated rings. The summed E-state index contributed by atoms with van der Waals surface area (Å²) in [4.78, 5) is 19.0. The zero-order chi connectivity index (χ0) is 20.6. The van der Waals surface area contributed by atoms with Crippen LogP contribution in [0.2, 0.25) is 0 Å². The molecule has 4 N–H and O–H groups in total. The third-order valence-corrected chi connectivity index (χ3v) is 5.36. The van der Waals surface area contributed by atoms with Crippen molar-refractivity contribution in [1.82, 2.24) is 25.1 Å². The molecule has 9 heteroatoms. The maximum Gasteiger partial charge on any atom is 0.238 e. The number of aromatic nitrogens is 2. The summed E-state index contributed by atoms with van der Waals surface area (Å²) in [6.45, 7) is 6.02. The van der Waals surface area contributed by atoms with Crippen molar-refractivity contribution < 1.29 is 9.18 Å². The van der Waals surface area contributed by atoms with E-state index in [0.29, 0.717) is 31.1 Å². The smallest absolute Gasteiger partial charge is 0.238 e. The lowest BCUT2D eigenvalue weighted by atomic mass is 10.1. The van der Waals surface area contributed by atoms with Crippen LogP contribution in [-0.4, -0.2) is 46.2 Å². The van der Waals surface area contributed by atoms with E-state index in [1.54, 1.807) is 18.2 Å². The van der Waals surface area contributed by atoms with Gasteiger partial charge in [0.15, 0.2) is 11.5 Å². The Balaban J connectivity index is 1.86. The second-order valence-corrected chi connectivity index (χ2v) is 7.16. The van der Waals surface area contributed by atoms with Gasteiger partial charge in [-0.15, -0.1) is 0 Å². The van der Waals surface area contributed by atoms with Crippen LogP contribution in [-0.2, 0) is 17.0 Å². The standard InChI is InChI=1S/C20H24FN7O/c1-3-23-15(8-9-22)25-18-17(13-4-6-14(21)7-5-13)26-19-20(2)24-12-16(29)28(20)11-10-27(18)19/h4-9,22-25H,3,10-12H2,1-2H3/b15-8+,22-9?. The summed E-state index contributed by atoms with van der Waals surface area (Å²) >= 11 is 0. The summed E-state index contributed by atoms with van der Waals surface area (Å²) in [5.74, 6) is 1.86. The average Bonchev–Trinajstić information content (AvgIpc) is 3.21. The molecule has 152 valence electrons. The molecule has 3 heterocycles. The van der Waals surface area contributed by atoms with Crippen LogP contribution < -0.4 is 16.0 Å². The van der Waals surface area contributed by atoms with Crippen LogP contribution in [0.3, 0.4) is 0 Å². The number of rotatable bonds is 6. The normalized spacial score (nSPS) is 21.0. The molecule has 1 aromatic heterocycles. The van der Waals surface area contributed by atoms with Gasteiger partial charge in [0, 0.05) is 31.4 Å². The zero-order valence-electron chi connectivity index (χ0n) is 16.4. The summed E-state index contributed by atoms with van der Waals surface area (Å²) < 4.78 is 15.5. The van der Waals surface area contributed by atoms with Gasteiger partial charge in [0.2, 0.25) is 5.91 Å². The summed E-state index contributed by atoms with van der Waals surface area (Å²) in [6.07, 6.45) is 2.84.